The van der Waals surface area contributed by atoms with Gasteiger partial charge in [-0.2, -0.15) is 0 Å². The Morgan fingerprint density at radius 1 is 1.35 bits per heavy atom. The molecule has 20 heavy (non-hydrogen) atoms. The molecule has 1 amide bonds. The number of aryl methyl sites for hydroxylation is 1. The van der Waals surface area contributed by atoms with E-state index in [1.165, 1.54) is 6.42 Å². The highest BCUT2D eigenvalue weighted by Gasteiger charge is 2.28. The second-order valence-electron chi connectivity index (χ2n) is 5.74. The lowest BCUT2D eigenvalue weighted by molar-refractivity contribution is -0.134. The van der Waals surface area contributed by atoms with Crippen LogP contribution in [0.25, 0.3) is 0 Å². The maximum Gasteiger partial charge on any atom is 0.233 e. The molecule has 0 aliphatic carbocycles. The van der Waals surface area contributed by atoms with Crippen LogP contribution >= 0.6 is 11.8 Å². The standard InChI is InChI=1S/C16H24N2OS/c1-11-9-14(17)7-8-15(11)20-10-16(19)18-12(2)5-4-6-13(18)3/h7-9,12-13H,4-6,10,17H2,1-3H3. The Kier molecular flexibility index (Phi) is 4.97. The first-order valence-corrected chi connectivity index (χ1v) is 8.27. The van der Waals surface area contributed by atoms with Crippen molar-refractivity contribution in [2.75, 3.05) is 11.5 Å². The second-order valence-corrected chi connectivity index (χ2v) is 6.76. The third kappa shape index (κ3) is 3.48. The molecule has 1 aliphatic rings. The first-order chi connectivity index (χ1) is 9.49. The molecule has 4 heteroatoms. The number of nitrogens with two attached hydrogens (primary N) is 1. The average molecular weight is 292 g/mol. The number of hydrogen-bond donors (Lipinski definition) is 1. The molecule has 1 saturated heterocycles. The van der Waals surface area contributed by atoms with Crippen molar-refractivity contribution in [2.24, 2.45) is 0 Å². The van der Waals surface area contributed by atoms with Crippen molar-refractivity contribution in [1.82, 2.24) is 4.90 Å². The summed E-state index contributed by atoms with van der Waals surface area (Å²) in [6, 6.07) is 6.61. The second kappa shape index (κ2) is 6.53. The van der Waals surface area contributed by atoms with Gasteiger partial charge in [-0.15, -0.1) is 11.8 Å². The van der Waals surface area contributed by atoms with Gasteiger partial charge < -0.3 is 10.6 Å². The number of piperidine rings is 1. The summed E-state index contributed by atoms with van der Waals surface area (Å²) < 4.78 is 0. The molecule has 2 atom stereocenters. The Labute approximate surface area is 125 Å². The van der Waals surface area contributed by atoms with Gasteiger partial charge in [0.1, 0.15) is 0 Å². The molecular formula is C16H24N2OS. The lowest BCUT2D eigenvalue weighted by Gasteiger charge is -2.39. The van der Waals surface area contributed by atoms with Crippen molar-refractivity contribution in [2.45, 2.75) is 57.0 Å². The fraction of sp³-hybridized carbons (Fsp3) is 0.562. The molecule has 1 heterocycles. The van der Waals surface area contributed by atoms with Crippen molar-refractivity contribution in [3.05, 3.63) is 23.8 Å². The minimum absolute atomic E-state index is 0.255. The van der Waals surface area contributed by atoms with Crippen LogP contribution in [-0.2, 0) is 4.79 Å². The van der Waals surface area contributed by atoms with Crippen molar-refractivity contribution in [3.8, 4) is 0 Å². The van der Waals surface area contributed by atoms with Gasteiger partial charge in [-0.25, -0.2) is 0 Å². The molecule has 1 aromatic carbocycles. The zero-order chi connectivity index (χ0) is 14.7. The maximum absolute atomic E-state index is 12.5. The lowest BCUT2D eigenvalue weighted by atomic mass is 9.98. The van der Waals surface area contributed by atoms with E-state index in [1.54, 1.807) is 11.8 Å². The molecule has 2 unspecified atom stereocenters. The van der Waals surface area contributed by atoms with Crippen molar-refractivity contribution in [1.29, 1.82) is 0 Å². The van der Waals surface area contributed by atoms with Crippen molar-refractivity contribution < 1.29 is 4.79 Å². The summed E-state index contributed by atoms with van der Waals surface area (Å²) in [5.74, 6) is 0.769. The van der Waals surface area contributed by atoms with Gasteiger partial charge in [-0.05, 0) is 63.8 Å². The summed E-state index contributed by atoms with van der Waals surface area (Å²) in [7, 11) is 0. The van der Waals surface area contributed by atoms with Gasteiger partial charge in [0.25, 0.3) is 0 Å². The largest absolute Gasteiger partial charge is 0.399 e. The van der Waals surface area contributed by atoms with E-state index in [4.69, 9.17) is 5.73 Å². The predicted octanol–water partition coefficient (Wildman–Crippen LogP) is 3.46. The number of carbonyl (C=O) groups excluding carboxylic acids is 1. The Balaban J connectivity index is 1.97. The summed E-state index contributed by atoms with van der Waals surface area (Å²) in [5, 5.41) is 0. The Morgan fingerprint density at radius 2 is 2.00 bits per heavy atom. The predicted molar refractivity (Wildman–Crippen MR) is 85.9 cm³/mol. The fourth-order valence-corrected chi connectivity index (χ4v) is 3.84. The molecule has 110 valence electrons. The molecule has 1 aromatic rings. The molecule has 0 bridgehead atoms. The third-order valence-corrected chi connectivity index (χ3v) is 5.19. The Bertz CT molecular complexity index is 479. The van der Waals surface area contributed by atoms with E-state index in [2.05, 4.69) is 18.7 Å². The van der Waals surface area contributed by atoms with Crippen LogP contribution in [-0.4, -0.2) is 28.6 Å². The van der Waals surface area contributed by atoms with Crippen molar-refractivity contribution in [3.63, 3.8) is 0 Å². The van der Waals surface area contributed by atoms with Crippen LogP contribution in [0.5, 0.6) is 0 Å². The molecule has 0 aromatic heterocycles. The Morgan fingerprint density at radius 3 is 2.60 bits per heavy atom. The average Bonchev–Trinajstić information content (AvgIpc) is 2.37. The number of benzene rings is 1. The van der Waals surface area contributed by atoms with Crippen LogP contribution in [0.3, 0.4) is 0 Å². The van der Waals surface area contributed by atoms with Crippen LogP contribution in [0.2, 0.25) is 0 Å². The molecule has 0 saturated carbocycles. The smallest absolute Gasteiger partial charge is 0.233 e. The van der Waals surface area contributed by atoms with Gasteiger partial charge in [0.2, 0.25) is 5.91 Å². The van der Waals surface area contributed by atoms with Crippen LogP contribution < -0.4 is 5.73 Å². The van der Waals surface area contributed by atoms with Gasteiger partial charge in [0, 0.05) is 22.7 Å². The SMILES string of the molecule is Cc1cc(N)ccc1SCC(=O)N1C(C)CCCC1C. The van der Waals surface area contributed by atoms with E-state index in [0.717, 1.165) is 29.0 Å². The number of nitrogens with zero attached hydrogens (tertiary/aromatic N) is 1. The number of amides is 1. The number of carbonyl (C=O) groups is 1. The monoisotopic (exact) mass is 292 g/mol. The number of anilines is 1. The summed E-state index contributed by atoms with van der Waals surface area (Å²) in [5.41, 5.74) is 7.67. The maximum atomic E-state index is 12.5. The van der Waals surface area contributed by atoms with Crippen LogP contribution in [0, 0.1) is 6.92 Å². The first-order valence-electron chi connectivity index (χ1n) is 7.29. The Hall–Kier alpha value is -1.16. The van der Waals surface area contributed by atoms with E-state index >= 15 is 0 Å². The molecule has 0 spiro atoms. The zero-order valence-electron chi connectivity index (χ0n) is 12.6. The van der Waals surface area contributed by atoms with Gasteiger partial charge in [0.05, 0.1) is 5.75 Å². The van der Waals surface area contributed by atoms with Crippen LogP contribution in [0.15, 0.2) is 23.1 Å². The van der Waals surface area contributed by atoms with E-state index in [0.29, 0.717) is 17.8 Å². The highest BCUT2D eigenvalue weighted by Crippen LogP contribution is 2.27. The molecule has 1 fully saturated rings. The molecule has 0 radical (unpaired) electrons. The first kappa shape index (κ1) is 15.2. The summed E-state index contributed by atoms with van der Waals surface area (Å²) in [6.45, 7) is 6.36. The number of nitrogen functional groups attached to an aromatic ring is 1. The number of rotatable bonds is 3. The van der Waals surface area contributed by atoms with Gasteiger partial charge in [0.15, 0.2) is 0 Å². The minimum Gasteiger partial charge on any atom is -0.399 e. The highest BCUT2D eigenvalue weighted by atomic mass is 32.2. The van der Waals surface area contributed by atoms with E-state index in [9.17, 15) is 4.79 Å². The number of hydrogen-bond acceptors (Lipinski definition) is 3. The number of thioether (sulfide) groups is 1. The fourth-order valence-electron chi connectivity index (χ4n) is 2.96. The van der Waals surface area contributed by atoms with Crippen LogP contribution in [0.4, 0.5) is 5.69 Å². The van der Waals surface area contributed by atoms with E-state index in [-0.39, 0.29) is 5.91 Å². The topological polar surface area (TPSA) is 46.3 Å². The van der Waals surface area contributed by atoms with Crippen molar-refractivity contribution >= 4 is 23.4 Å². The molecule has 2 N–H and O–H groups in total. The van der Waals surface area contributed by atoms with E-state index in [1.807, 2.05) is 25.1 Å². The molecule has 2 rings (SSSR count). The number of likely N-dealkylation sites (tertiary alicyclic amines) is 1. The van der Waals surface area contributed by atoms with Gasteiger partial charge >= 0.3 is 0 Å². The zero-order valence-corrected chi connectivity index (χ0v) is 13.4. The normalized spacial score (nSPS) is 22.9. The lowest BCUT2D eigenvalue weighted by Crippen LogP contribution is -2.48. The third-order valence-electron chi connectivity index (χ3n) is 4.03. The van der Waals surface area contributed by atoms with Crippen LogP contribution in [0.1, 0.15) is 38.7 Å². The minimum atomic E-state index is 0.255. The molecule has 3 nitrogen and oxygen atoms in total. The summed E-state index contributed by atoms with van der Waals surface area (Å²) in [4.78, 5) is 15.7. The van der Waals surface area contributed by atoms with E-state index < -0.39 is 0 Å². The molecule has 1 aliphatic heterocycles. The summed E-state index contributed by atoms with van der Waals surface area (Å²) in [6.07, 6.45) is 3.49. The quantitative estimate of drug-likeness (QED) is 0.685. The highest BCUT2D eigenvalue weighted by molar-refractivity contribution is 8.00. The molecular weight excluding hydrogens is 268 g/mol. The summed E-state index contributed by atoms with van der Waals surface area (Å²) >= 11 is 1.61. The van der Waals surface area contributed by atoms with Gasteiger partial charge in [-0.1, -0.05) is 0 Å². The van der Waals surface area contributed by atoms with Gasteiger partial charge in [-0.3, -0.25) is 4.79 Å².